The molecular formula is C12H14BrN3O2. The molecule has 0 aliphatic rings. The van der Waals surface area contributed by atoms with Crippen LogP contribution < -0.4 is 5.73 Å². The number of aryl methyl sites for hydroxylation is 1. The zero-order valence-electron chi connectivity index (χ0n) is 10.2. The quantitative estimate of drug-likeness (QED) is 0.938. The fraction of sp³-hybridized carbons (Fsp3) is 0.333. The molecule has 0 bridgehead atoms. The highest BCUT2D eigenvalue weighted by atomic mass is 79.9. The Morgan fingerprint density at radius 3 is 2.94 bits per heavy atom. The summed E-state index contributed by atoms with van der Waals surface area (Å²) in [6.45, 7) is 2.37. The Bertz CT molecular complexity index is 542. The third kappa shape index (κ3) is 2.77. The molecule has 0 amide bonds. The SMILES string of the molecule is COCC(N)c1noc(-c2ccc(C)c(Br)c2)n1. The maximum Gasteiger partial charge on any atom is 0.258 e. The average molecular weight is 312 g/mol. The summed E-state index contributed by atoms with van der Waals surface area (Å²) in [4.78, 5) is 4.27. The van der Waals surface area contributed by atoms with Crippen LogP contribution in [0.2, 0.25) is 0 Å². The van der Waals surface area contributed by atoms with Crippen LogP contribution in [0.25, 0.3) is 11.5 Å². The van der Waals surface area contributed by atoms with E-state index in [1.807, 2.05) is 25.1 Å². The molecule has 0 aliphatic carbocycles. The molecule has 0 fully saturated rings. The third-order valence-electron chi connectivity index (χ3n) is 2.54. The van der Waals surface area contributed by atoms with E-state index in [0.717, 1.165) is 15.6 Å². The van der Waals surface area contributed by atoms with Gasteiger partial charge in [-0.2, -0.15) is 4.98 Å². The number of nitrogens with two attached hydrogens (primary N) is 1. The van der Waals surface area contributed by atoms with Crippen molar-refractivity contribution >= 4 is 15.9 Å². The molecule has 0 saturated carbocycles. The highest BCUT2D eigenvalue weighted by Gasteiger charge is 2.15. The monoisotopic (exact) mass is 311 g/mol. The lowest BCUT2D eigenvalue weighted by molar-refractivity contribution is 0.177. The van der Waals surface area contributed by atoms with Crippen molar-refractivity contribution in [2.45, 2.75) is 13.0 Å². The average Bonchev–Trinajstić information content (AvgIpc) is 2.82. The first-order valence-corrected chi connectivity index (χ1v) is 6.25. The zero-order valence-corrected chi connectivity index (χ0v) is 11.8. The van der Waals surface area contributed by atoms with Gasteiger partial charge >= 0.3 is 0 Å². The van der Waals surface area contributed by atoms with Crippen molar-refractivity contribution in [3.63, 3.8) is 0 Å². The molecular weight excluding hydrogens is 298 g/mol. The summed E-state index contributed by atoms with van der Waals surface area (Å²) in [5.74, 6) is 0.904. The molecule has 2 aromatic rings. The Morgan fingerprint density at radius 1 is 1.50 bits per heavy atom. The van der Waals surface area contributed by atoms with Crippen molar-refractivity contribution < 1.29 is 9.26 Å². The van der Waals surface area contributed by atoms with Crippen LogP contribution in [0.3, 0.4) is 0 Å². The van der Waals surface area contributed by atoms with Crippen molar-refractivity contribution in [2.75, 3.05) is 13.7 Å². The molecule has 1 heterocycles. The fourth-order valence-electron chi connectivity index (χ4n) is 1.48. The van der Waals surface area contributed by atoms with E-state index < -0.39 is 0 Å². The lowest BCUT2D eigenvalue weighted by atomic mass is 10.1. The number of hydrogen-bond acceptors (Lipinski definition) is 5. The van der Waals surface area contributed by atoms with Crippen molar-refractivity contribution in [3.8, 4) is 11.5 Å². The summed E-state index contributed by atoms with van der Waals surface area (Å²) in [5, 5.41) is 3.86. The van der Waals surface area contributed by atoms with E-state index in [9.17, 15) is 0 Å². The summed E-state index contributed by atoms with van der Waals surface area (Å²) >= 11 is 3.47. The van der Waals surface area contributed by atoms with Crippen LogP contribution in [0.1, 0.15) is 17.4 Å². The van der Waals surface area contributed by atoms with E-state index in [0.29, 0.717) is 18.3 Å². The summed E-state index contributed by atoms with van der Waals surface area (Å²) < 4.78 is 11.2. The van der Waals surface area contributed by atoms with Gasteiger partial charge in [0.15, 0.2) is 5.82 Å². The molecule has 18 heavy (non-hydrogen) atoms. The van der Waals surface area contributed by atoms with Crippen LogP contribution in [0.4, 0.5) is 0 Å². The molecule has 0 spiro atoms. The molecule has 2 rings (SSSR count). The molecule has 0 radical (unpaired) electrons. The van der Waals surface area contributed by atoms with Gasteiger partial charge in [-0.3, -0.25) is 0 Å². The van der Waals surface area contributed by atoms with Crippen molar-refractivity contribution in [1.82, 2.24) is 10.1 Å². The first-order chi connectivity index (χ1) is 8.61. The number of hydrogen-bond donors (Lipinski definition) is 1. The first-order valence-electron chi connectivity index (χ1n) is 5.46. The minimum atomic E-state index is -0.374. The topological polar surface area (TPSA) is 74.2 Å². The van der Waals surface area contributed by atoms with Gasteiger partial charge in [0.25, 0.3) is 5.89 Å². The van der Waals surface area contributed by atoms with E-state index in [2.05, 4.69) is 26.1 Å². The third-order valence-corrected chi connectivity index (χ3v) is 3.39. The maximum atomic E-state index is 5.83. The molecule has 1 atom stereocenters. The van der Waals surface area contributed by atoms with Gasteiger partial charge in [0.1, 0.15) is 0 Å². The molecule has 1 aromatic carbocycles. The molecule has 5 nitrogen and oxygen atoms in total. The minimum absolute atomic E-state index is 0.358. The number of ether oxygens (including phenoxy) is 1. The van der Waals surface area contributed by atoms with E-state index in [1.54, 1.807) is 7.11 Å². The fourth-order valence-corrected chi connectivity index (χ4v) is 1.86. The first kappa shape index (κ1) is 13.2. The molecule has 2 N–H and O–H groups in total. The van der Waals surface area contributed by atoms with Gasteiger partial charge in [-0.15, -0.1) is 0 Å². The number of rotatable bonds is 4. The van der Waals surface area contributed by atoms with Gasteiger partial charge in [-0.05, 0) is 24.6 Å². The minimum Gasteiger partial charge on any atom is -0.383 e. The highest BCUT2D eigenvalue weighted by Crippen LogP contribution is 2.25. The van der Waals surface area contributed by atoms with Crippen LogP contribution in [0.5, 0.6) is 0 Å². The number of halogens is 1. The maximum absolute atomic E-state index is 5.83. The summed E-state index contributed by atoms with van der Waals surface area (Å²) in [5.41, 5.74) is 7.84. The van der Waals surface area contributed by atoms with E-state index in [4.69, 9.17) is 15.0 Å². The number of nitrogens with zero attached hydrogens (tertiary/aromatic N) is 2. The number of methoxy groups -OCH3 is 1. The lowest BCUT2D eigenvalue weighted by Crippen LogP contribution is -2.17. The van der Waals surface area contributed by atoms with Crippen LogP contribution in [0.15, 0.2) is 27.2 Å². The predicted molar refractivity (Wildman–Crippen MR) is 71.0 cm³/mol. The summed E-state index contributed by atoms with van der Waals surface area (Å²) in [6.07, 6.45) is 0. The van der Waals surface area contributed by atoms with E-state index in [-0.39, 0.29) is 6.04 Å². The molecule has 0 aliphatic heterocycles. The molecule has 96 valence electrons. The summed E-state index contributed by atoms with van der Waals surface area (Å²) in [7, 11) is 1.58. The smallest absolute Gasteiger partial charge is 0.258 e. The van der Waals surface area contributed by atoms with Crippen molar-refractivity contribution in [1.29, 1.82) is 0 Å². The molecule has 1 unspecified atom stereocenters. The molecule has 0 saturated heterocycles. The van der Waals surface area contributed by atoms with Crippen LogP contribution >= 0.6 is 15.9 Å². The van der Waals surface area contributed by atoms with Gasteiger partial charge in [0.05, 0.1) is 12.6 Å². The Hall–Kier alpha value is -1.24. The van der Waals surface area contributed by atoms with E-state index in [1.165, 1.54) is 0 Å². The largest absolute Gasteiger partial charge is 0.383 e. The standard InChI is InChI=1S/C12H14BrN3O2/c1-7-3-4-8(5-9(7)13)12-15-11(16-18-12)10(14)6-17-2/h3-5,10H,6,14H2,1-2H3. The second kappa shape index (κ2) is 5.60. The Labute approximate surface area is 113 Å². The van der Waals surface area contributed by atoms with E-state index >= 15 is 0 Å². The number of aromatic nitrogens is 2. The Kier molecular flexibility index (Phi) is 4.11. The molecule has 1 aromatic heterocycles. The highest BCUT2D eigenvalue weighted by molar-refractivity contribution is 9.10. The second-order valence-corrected chi connectivity index (χ2v) is 4.84. The second-order valence-electron chi connectivity index (χ2n) is 3.98. The zero-order chi connectivity index (χ0) is 13.1. The van der Waals surface area contributed by atoms with Gasteiger partial charge < -0.3 is 15.0 Å². The van der Waals surface area contributed by atoms with Crippen molar-refractivity contribution in [3.05, 3.63) is 34.1 Å². The van der Waals surface area contributed by atoms with Crippen LogP contribution in [-0.4, -0.2) is 23.9 Å². The van der Waals surface area contributed by atoms with Gasteiger partial charge in [-0.25, -0.2) is 0 Å². The van der Waals surface area contributed by atoms with Crippen LogP contribution in [-0.2, 0) is 4.74 Å². The van der Waals surface area contributed by atoms with Gasteiger partial charge in [0, 0.05) is 17.1 Å². The summed E-state index contributed by atoms with van der Waals surface area (Å²) in [6, 6.07) is 5.48. The predicted octanol–water partition coefficient (Wildman–Crippen LogP) is 2.45. The Balaban J connectivity index is 2.26. The van der Waals surface area contributed by atoms with Crippen LogP contribution in [0, 0.1) is 6.92 Å². The number of benzene rings is 1. The van der Waals surface area contributed by atoms with Gasteiger partial charge in [-0.1, -0.05) is 27.2 Å². The van der Waals surface area contributed by atoms with Crippen molar-refractivity contribution in [2.24, 2.45) is 5.73 Å². The van der Waals surface area contributed by atoms with Gasteiger partial charge in [0.2, 0.25) is 0 Å². The molecule has 6 heteroatoms. The lowest BCUT2D eigenvalue weighted by Gasteiger charge is -2.03. The normalized spacial score (nSPS) is 12.7. The Morgan fingerprint density at radius 2 is 2.28 bits per heavy atom.